The van der Waals surface area contributed by atoms with E-state index in [9.17, 15) is 19.8 Å². The van der Waals surface area contributed by atoms with Crippen molar-refractivity contribution in [3.8, 4) is 11.8 Å². The summed E-state index contributed by atoms with van der Waals surface area (Å²) < 4.78 is 6.70. The molecule has 8 nitrogen and oxygen atoms in total. The minimum Gasteiger partial charge on any atom is -0.396 e. The Kier molecular flexibility index (Phi) is 10.9. The molecule has 0 unspecified atom stereocenters. The van der Waals surface area contributed by atoms with Gasteiger partial charge in [0.1, 0.15) is 17.9 Å². The number of nitrogens with zero attached hydrogens (tertiary/aromatic N) is 1. The van der Waals surface area contributed by atoms with Crippen molar-refractivity contribution >= 4 is 0 Å². The Balaban J connectivity index is 1.76. The number of aliphatic hydroxyl groups is 3. The van der Waals surface area contributed by atoms with Crippen LogP contribution in [0.1, 0.15) is 82.4 Å². The first-order valence-corrected chi connectivity index (χ1v) is 11.0. The fraction of sp³-hybridized carbons (Fsp3) is 0.727. The summed E-state index contributed by atoms with van der Waals surface area (Å²) in [5, 5.41) is 27.8. The van der Waals surface area contributed by atoms with E-state index in [0.717, 1.165) is 25.7 Å². The van der Waals surface area contributed by atoms with Crippen molar-refractivity contribution in [2.75, 3.05) is 13.2 Å². The fourth-order valence-electron chi connectivity index (χ4n) is 3.56. The molecule has 8 heteroatoms. The Bertz CT molecular complexity index is 806. The van der Waals surface area contributed by atoms with Gasteiger partial charge in [-0.05, 0) is 12.8 Å². The summed E-state index contributed by atoms with van der Waals surface area (Å²) in [5.41, 5.74) is -0.983. The second kappa shape index (κ2) is 13.4. The van der Waals surface area contributed by atoms with Gasteiger partial charge in [0.2, 0.25) is 0 Å². The van der Waals surface area contributed by atoms with E-state index in [1.807, 2.05) is 0 Å². The lowest BCUT2D eigenvalue weighted by atomic mass is 10.1. The number of unbranched alkanes of at least 4 members (excludes halogenated alkanes) is 9. The quantitative estimate of drug-likeness (QED) is 0.298. The SMILES string of the molecule is O=c1[nH]c(=O)n([C@H]2C[C@H](O)[C@@H](CO)O2)cc1C#CCCCCCCCCCCCO. The Labute approximate surface area is 176 Å². The van der Waals surface area contributed by atoms with Crippen molar-refractivity contribution in [3.63, 3.8) is 0 Å². The Hall–Kier alpha value is -1.92. The van der Waals surface area contributed by atoms with E-state index in [-0.39, 0.29) is 25.2 Å². The molecule has 2 heterocycles. The molecule has 1 fully saturated rings. The third-order valence-electron chi connectivity index (χ3n) is 5.35. The Morgan fingerprint density at radius 2 is 1.67 bits per heavy atom. The van der Waals surface area contributed by atoms with Crippen LogP contribution in [0.25, 0.3) is 0 Å². The number of aromatic amines is 1. The van der Waals surface area contributed by atoms with Crippen LogP contribution in [0.3, 0.4) is 0 Å². The van der Waals surface area contributed by atoms with Gasteiger partial charge in [-0.15, -0.1) is 0 Å². The first kappa shape index (κ1) is 24.4. The summed E-state index contributed by atoms with van der Waals surface area (Å²) in [5.74, 6) is 5.82. The Morgan fingerprint density at radius 1 is 1.03 bits per heavy atom. The molecule has 1 aromatic rings. The van der Waals surface area contributed by atoms with Gasteiger partial charge in [0.25, 0.3) is 5.56 Å². The summed E-state index contributed by atoms with van der Waals surface area (Å²) in [4.78, 5) is 26.3. The zero-order chi connectivity index (χ0) is 21.8. The average Bonchev–Trinajstić information content (AvgIpc) is 3.10. The van der Waals surface area contributed by atoms with Gasteiger partial charge in [-0.1, -0.05) is 56.8 Å². The van der Waals surface area contributed by atoms with Crippen molar-refractivity contribution in [3.05, 3.63) is 32.6 Å². The minimum atomic E-state index is -0.867. The molecule has 0 aliphatic carbocycles. The minimum absolute atomic E-state index is 0.158. The highest BCUT2D eigenvalue weighted by molar-refractivity contribution is 5.29. The molecule has 1 aliphatic rings. The van der Waals surface area contributed by atoms with Gasteiger partial charge in [-0.25, -0.2) is 4.79 Å². The number of ether oxygens (including phenoxy) is 1. The van der Waals surface area contributed by atoms with E-state index >= 15 is 0 Å². The molecule has 1 aliphatic heterocycles. The molecule has 0 amide bonds. The fourth-order valence-corrected chi connectivity index (χ4v) is 3.56. The van der Waals surface area contributed by atoms with Crippen LogP contribution in [-0.4, -0.2) is 50.3 Å². The van der Waals surface area contributed by atoms with Crippen LogP contribution in [-0.2, 0) is 4.74 Å². The number of hydrogen-bond donors (Lipinski definition) is 4. The lowest BCUT2D eigenvalue weighted by molar-refractivity contribution is -0.0459. The van der Waals surface area contributed by atoms with Gasteiger partial charge in [0.15, 0.2) is 0 Å². The molecule has 0 radical (unpaired) electrons. The first-order chi connectivity index (χ1) is 14.6. The molecule has 0 saturated carbocycles. The summed E-state index contributed by atoms with van der Waals surface area (Å²) in [6.07, 6.45) is 9.92. The highest BCUT2D eigenvalue weighted by atomic mass is 16.5. The number of hydrogen-bond acceptors (Lipinski definition) is 6. The van der Waals surface area contributed by atoms with Crippen LogP contribution in [0.15, 0.2) is 15.8 Å². The van der Waals surface area contributed by atoms with Crippen molar-refractivity contribution in [2.24, 2.45) is 0 Å². The maximum absolute atomic E-state index is 12.1. The number of nitrogens with one attached hydrogen (secondary N) is 1. The molecule has 30 heavy (non-hydrogen) atoms. The molecule has 1 saturated heterocycles. The molecule has 0 bridgehead atoms. The van der Waals surface area contributed by atoms with E-state index in [0.29, 0.717) is 6.42 Å². The van der Waals surface area contributed by atoms with Crippen LogP contribution in [0.2, 0.25) is 0 Å². The van der Waals surface area contributed by atoms with Crippen molar-refractivity contribution in [2.45, 2.75) is 89.1 Å². The molecular weight excluding hydrogens is 388 g/mol. The van der Waals surface area contributed by atoms with Crippen molar-refractivity contribution < 1.29 is 20.1 Å². The van der Waals surface area contributed by atoms with E-state index < -0.39 is 29.7 Å². The largest absolute Gasteiger partial charge is 0.396 e. The highest BCUT2D eigenvalue weighted by Gasteiger charge is 2.35. The zero-order valence-corrected chi connectivity index (χ0v) is 17.5. The summed E-state index contributed by atoms with van der Waals surface area (Å²) in [7, 11) is 0. The second-order valence-corrected chi connectivity index (χ2v) is 7.78. The van der Waals surface area contributed by atoms with Gasteiger partial charge in [0, 0.05) is 25.6 Å². The summed E-state index contributed by atoms with van der Waals surface area (Å²) in [6, 6.07) is 0. The Morgan fingerprint density at radius 3 is 2.27 bits per heavy atom. The normalized spacial score (nSPS) is 20.8. The van der Waals surface area contributed by atoms with Crippen LogP contribution in [0.4, 0.5) is 0 Å². The lowest BCUT2D eigenvalue weighted by Crippen LogP contribution is -2.33. The van der Waals surface area contributed by atoms with E-state index in [2.05, 4.69) is 16.8 Å². The molecular formula is C22H34N2O6. The smallest absolute Gasteiger partial charge is 0.330 e. The number of H-pyrrole nitrogens is 1. The number of aliphatic hydroxyl groups excluding tert-OH is 3. The second-order valence-electron chi connectivity index (χ2n) is 7.78. The predicted octanol–water partition coefficient (Wildman–Crippen LogP) is 1.42. The molecule has 4 N–H and O–H groups in total. The van der Waals surface area contributed by atoms with Crippen LogP contribution in [0, 0.1) is 11.8 Å². The van der Waals surface area contributed by atoms with Gasteiger partial charge in [0.05, 0.1) is 12.7 Å². The standard InChI is InChI=1S/C22H34N2O6/c25-13-11-9-7-5-3-1-2-4-6-8-10-12-17-15-24(22(29)23-21(17)28)20-14-18(27)19(16-26)30-20/h15,18-20,25-27H,1-9,11,13-14,16H2,(H,23,28,29)/t18-,19+,20+/m0/s1. The van der Waals surface area contributed by atoms with Crippen LogP contribution < -0.4 is 11.2 Å². The van der Waals surface area contributed by atoms with Crippen molar-refractivity contribution in [1.29, 1.82) is 0 Å². The molecule has 168 valence electrons. The van der Waals surface area contributed by atoms with Gasteiger partial charge >= 0.3 is 5.69 Å². The lowest BCUT2D eigenvalue weighted by Gasteiger charge is -2.14. The summed E-state index contributed by atoms with van der Waals surface area (Å²) >= 11 is 0. The van der Waals surface area contributed by atoms with E-state index in [1.165, 1.54) is 42.9 Å². The molecule has 0 aromatic carbocycles. The first-order valence-electron chi connectivity index (χ1n) is 11.0. The molecule has 3 atom stereocenters. The maximum Gasteiger partial charge on any atom is 0.330 e. The van der Waals surface area contributed by atoms with Crippen LogP contribution >= 0.6 is 0 Å². The van der Waals surface area contributed by atoms with E-state index in [1.54, 1.807) is 0 Å². The van der Waals surface area contributed by atoms with Crippen LogP contribution in [0.5, 0.6) is 0 Å². The molecule has 2 rings (SSSR count). The average molecular weight is 423 g/mol. The monoisotopic (exact) mass is 422 g/mol. The maximum atomic E-state index is 12.1. The third-order valence-corrected chi connectivity index (χ3v) is 5.35. The third kappa shape index (κ3) is 7.73. The predicted molar refractivity (Wildman–Crippen MR) is 113 cm³/mol. The molecule has 0 spiro atoms. The summed E-state index contributed by atoms with van der Waals surface area (Å²) in [6.45, 7) is -0.0538. The van der Waals surface area contributed by atoms with Gasteiger partial charge in [-0.3, -0.25) is 14.3 Å². The topological polar surface area (TPSA) is 125 Å². The highest BCUT2D eigenvalue weighted by Crippen LogP contribution is 2.27. The van der Waals surface area contributed by atoms with E-state index in [4.69, 9.17) is 9.84 Å². The number of aromatic nitrogens is 2. The molecule has 1 aromatic heterocycles. The van der Waals surface area contributed by atoms with Gasteiger partial charge < -0.3 is 20.1 Å². The van der Waals surface area contributed by atoms with Crippen molar-refractivity contribution in [1.82, 2.24) is 9.55 Å². The van der Waals surface area contributed by atoms with Gasteiger partial charge in [-0.2, -0.15) is 0 Å². The number of rotatable bonds is 12. The zero-order valence-electron chi connectivity index (χ0n) is 17.5.